The van der Waals surface area contributed by atoms with Crippen molar-refractivity contribution < 1.29 is 9.53 Å². The van der Waals surface area contributed by atoms with E-state index >= 15 is 0 Å². The first kappa shape index (κ1) is 20.0. The molecule has 1 aliphatic rings. The van der Waals surface area contributed by atoms with Gasteiger partial charge in [0.2, 0.25) is 5.91 Å². The normalized spacial score (nSPS) is 18.2. The molecule has 0 radical (unpaired) electrons. The summed E-state index contributed by atoms with van der Waals surface area (Å²) in [6, 6.07) is 0. The summed E-state index contributed by atoms with van der Waals surface area (Å²) >= 11 is 0. The van der Waals surface area contributed by atoms with Gasteiger partial charge in [0.25, 0.3) is 0 Å². The average molecular weight is 338 g/mol. The molecule has 1 aromatic heterocycles. The quantitative estimate of drug-likeness (QED) is 0.803. The van der Waals surface area contributed by atoms with Crippen LogP contribution in [0.15, 0.2) is 18.6 Å². The molecule has 1 atom stereocenters. The number of morpholine rings is 1. The average Bonchev–Trinajstić information content (AvgIpc) is 2.40. The van der Waals surface area contributed by atoms with Gasteiger partial charge in [0, 0.05) is 25.5 Å². The molecular weight excluding hydrogens is 317 g/mol. The minimum Gasteiger partial charge on any atom is -0.376 e. The first-order valence-corrected chi connectivity index (χ1v) is 6.38. The second-order valence-corrected chi connectivity index (χ2v) is 4.44. The largest absolute Gasteiger partial charge is 0.376 e. The zero-order valence-corrected chi connectivity index (χ0v) is 13.2. The van der Waals surface area contributed by atoms with Crippen LogP contribution in [0.3, 0.4) is 0 Å². The topological polar surface area (TPSA) is 93.4 Å². The van der Waals surface area contributed by atoms with Crippen LogP contribution >= 0.6 is 24.8 Å². The highest BCUT2D eigenvalue weighted by Gasteiger charge is 2.21. The van der Waals surface area contributed by atoms with E-state index in [9.17, 15) is 4.79 Å². The zero-order valence-electron chi connectivity index (χ0n) is 11.6. The number of nitrogens with zero attached hydrogens (tertiary/aromatic N) is 3. The Morgan fingerprint density at radius 2 is 2.29 bits per heavy atom. The molecule has 0 saturated carbocycles. The van der Waals surface area contributed by atoms with Crippen LogP contribution in [0.5, 0.6) is 0 Å². The van der Waals surface area contributed by atoms with E-state index in [1.807, 2.05) is 0 Å². The smallest absolute Gasteiger partial charge is 0.239 e. The molecule has 0 aliphatic carbocycles. The van der Waals surface area contributed by atoms with Crippen molar-refractivity contribution in [2.75, 3.05) is 38.1 Å². The molecule has 1 amide bonds. The van der Waals surface area contributed by atoms with Crippen molar-refractivity contribution in [1.82, 2.24) is 14.9 Å². The predicted octanol–water partition coefficient (Wildman–Crippen LogP) is 0.308. The number of amides is 1. The van der Waals surface area contributed by atoms with Gasteiger partial charge in [-0.2, -0.15) is 0 Å². The molecule has 1 saturated heterocycles. The monoisotopic (exact) mass is 337 g/mol. The van der Waals surface area contributed by atoms with Gasteiger partial charge in [-0.3, -0.25) is 14.7 Å². The van der Waals surface area contributed by atoms with Gasteiger partial charge in [0.1, 0.15) is 0 Å². The maximum absolute atomic E-state index is 11.9. The number of carbonyl (C=O) groups excluding carboxylic acids is 1. The molecule has 120 valence electrons. The molecule has 9 heteroatoms. The lowest BCUT2D eigenvalue weighted by molar-refractivity contribution is -0.119. The highest BCUT2D eigenvalue weighted by Crippen LogP contribution is 2.08. The highest BCUT2D eigenvalue weighted by molar-refractivity contribution is 5.91. The van der Waals surface area contributed by atoms with Gasteiger partial charge >= 0.3 is 0 Å². The fourth-order valence-corrected chi connectivity index (χ4v) is 2.03. The number of ether oxygens (including phenoxy) is 1. The Kier molecular flexibility index (Phi) is 10.2. The Morgan fingerprint density at radius 3 is 2.95 bits per heavy atom. The summed E-state index contributed by atoms with van der Waals surface area (Å²) < 4.78 is 5.57. The van der Waals surface area contributed by atoms with Gasteiger partial charge in [0.05, 0.1) is 25.5 Å². The molecule has 7 nitrogen and oxygen atoms in total. The molecule has 1 unspecified atom stereocenters. The first-order chi connectivity index (χ1) is 9.28. The van der Waals surface area contributed by atoms with Crippen LogP contribution in [0, 0.1) is 0 Å². The van der Waals surface area contributed by atoms with Crippen molar-refractivity contribution in [1.29, 1.82) is 0 Å². The third-order valence-corrected chi connectivity index (χ3v) is 2.91. The minimum absolute atomic E-state index is 0. The van der Waals surface area contributed by atoms with Crippen molar-refractivity contribution in [3.63, 3.8) is 0 Å². The highest BCUT2D eigenvalue weighted by atomic mass is 35.5. The first-order valence-electron chi connectivity index (χ1n) is 6.38. The lowest BCUT2D eigenvalue weighted by atomic mass is 10.2. The number of rotatable bonds is 5. The standard InChI is InChI=1S/C12H19N5O2.2ClH/c13-2-1-10-8-17(5-6-19-10)9-12(18)16-11-7-14-3-4-15-11;;/h3-4,7,10H,1-2,5-6,8-9,13H2,(H,15,16,18);2*1H. The molecule has 1 aromatic rings. The third-order valence-electron chi connectivity index (χ3n) is 2.91. The van der Waals surface area contributed by atoms with Crippen LogP contribution in [0.25, 0.3) is 0 Å². The van der Waals surface area contributed by atoms with Crippen molar-refractivity contribution in [2.45, 2.75) is 12.5 Å². The molecule has 0 spiro atoms. The lowest BCUT2D eigenvalue weighted by Gasteiger charge is -2.32. The Morgan fingerprint density at radius 1 is 1.48 bits per heavy atom. The fourth-order valence-electron chi connectivity index (χ4n) is 2.03. The number of hydrogen-bond donors (Lipinski definition) is 2. The van der Waals surface area contributed by atoms with Gasteiger partial charge in [-0.25, -0.2) is 4.98 Å². The van der Waals surface area contributed by atoms with Crippen LogP contribution in [0.2, 0.25) is 0 Å². The van der Waals surface area contributed by atoms with Crippen LogP contribution < -0.4 is 11.1 Å². The summed E-state index contributed by atoms with van der Waals surface area (Å²) in [5, 5.41) is 2.72. The molecule has 3 N–H and O–H groups in total. The Bertz CT molecular complexity index is 408. The molecule has 0 bridgehead atoms. The predicted molar refractivity (Wildman–Crippen MR) is 85.0 cm³/mol. The molecule has 2 rings (SSSR count). The molecule has 1 fully saturated rings. The van der Waals surface area contributed by atoms with E-state index in [-0.39, 0.29) is 36.8 Å². The molecule has 21 heavy (non-hydrogen) atoms. The van der Waals surface area contributed by atoms with Gasteiger partial charge in [-0.15, -0.1) is 24.8 Å². The summed E-state index contributed by atoms with van der Waals surface area (Å²) in [4.78, 5) is 21.8. The van der Waals surface area contributed by atoms with Crippen LogP contribution in [0.4, 0.5) is 5.82 Å². The zero-order chi connectivity index (χ0) is 13.5. The van der Waals surface area contributed by atoms with E-state index in [0.29, 0.717) is 25.5 Å². The summed E-state index contributed by atoms with van der Waals surface area (Å²) in [6.45, 7) is 3.08. The second kappa shape index (κ2) is 10.7. The summed E-state index contributed by atoms with van der Waals surface area (Å²) in [6.07, 6.45) is 5.58. The summed E-state index contributed by atoms with van der Waals surface area (Å²) in [5.74, 6) is 0.383. The number of halogens is 2. The molecular formula is C12H21Cl2N5O2. The van der Waals surface area contributed by atoms with E-state index in [4.69, 9.17) is 10.5 Å². The van der Waals surface area contributed by atoms with Crippen molar-refractivity contribution in [3.8, 4) is 0 Å². The SMILES string of the molecule is Cl.Cl.NCCC1CN(CC(=O)Nc2cnccn2)CCO1. The summed E-state index contributed by atoms with van der Waals surface area (Å²) in [5.41, 5.74) is 5.52. The minimum atomic E-state index is -0.0890. The van der Waals surface area contributed by atoms with Crippen LogP contribution in [-0.2, 0) is 9.53 Å². The van der Waals surface area contributed by atoms with Crippen molar-refractivity contribution >= 4 is 36.5 Å². The van der Waals surface area contributed by atoms with Gasteiger partial charge in [-0.1, -0.05) is 0 Å². The van der Waals surface area contributed by atoms with Crippen LogP contribution in [-0.4, -0.2) is 59.7 Å². The summed E-state index contributed by atoms with van der Waals surface area (Å²) in [7, 11) is 0. The maximum atomic E-state index is 11.9. The Labute approximate surface area is 136 Å². The molecule has 2 heterocycles. The van der Waals surface area contributed by atoms with Gasteiger partial charge < -0.3 is 15.8 Å². The van der Waals surface area contributed by atoms with Crippen molar-refractivity contribution in [3.05, 3.63) is 18.6 Å². The third kappa shape index (κ3) is 7.01. The fraction of sp³-hybridized carbons (Fsp3) is 0.583. The molecule has 0 aromatic carbocycles. The Hall–Kier alpha value is -0.990. The number of anilines is 1. The number of carbonyl (C=O) groups is 1. The van der Waals surface area contributed by atoms with Crippen molar-refractivity contribution in [2.24, 2.45) is 5.73 Å². The van der Waals surface area contributed by atoms with E-state index in [2.05, 4.69) is 20.2 Å². The van der Waals surface area contributed by atoms with E-state index < -0.39 is 0 Å². The number of nitrogens with one attached hydrogen (secondary N) is 1. The van der Waals surface area contributed by atoms with Gasteiger partial charge in [0.15, 0.2) is 5.82 Å². The van der Waals surface area contributed by atoms with Crippen LogP contribution in [0.1, 0.15) is 6.42 Å². The second-order valence-electron chi connectivity index (χ2n) is 4.44. The molecule has 1 aliphatic heterocycles. The van der Waals surface area contributed by atoms with Gasteiger partial charge in [-0.05, 0) is 13.0 Å². The van der Waals surface area contributed by atoms with E-state index in [1.54, 1.807) is 12.4 Å². The van der Waals surface area contributed by atoms with E-state index in [1.165, 1.54) is 6.20 Å². The number of aromatic nitrogens is 2. The van der Waals surface area contributed by atoms with E-state index in [0.717, 1.165) is 19.5 Å². The number of nitrogens with two attached hydrogens (primary N) is 1. The number of hydrogen-bond acceptors (Lipinski definition) is 6. The lowest BCUT2D eigenvalue weighted by Crippen LogP contribution is -2.46. The maximum Gasteiger partial charge on any atom is 0.239 e. The Balaban J connectivity index is 0.00000200.